The van der Waals surface area contributed by atoms with Crippen molar-refractivity contribution < 1.29 is 4.74 Å². The van der Waals surface area contributed by atoms with E-state index in [2.05, 4.69) is 16.8 Å². The summed E-state index contributed by atoms with van der Waals surface area (Å²) in [7, 11) is 0. The van der Waals surface area contributed by atoms with Crippen molar-refractivity contribution in [2.24, 2.45) is 0 Å². The molecular weight excluding hydrogens is 176 g/mol. The molecule has 2 heterocycles. The number of nitrogens with zero attached hydrogens (tertiary/aromatic N) is 1. The molecule has 2 saturated heterocycles. The first-order chi connectivity index (χ1) is 6.90. The van der Waals surface area contributed by atoms with Crippen LogP contribution in [0.2, 0.25) is 0 Å². The van der Waals surface area contributed by atoms with Crippen LogP contribution in [-0.2, 0) is 4.74 Å². The second-order valence-electron chi connectivity index (χ2n) is 4.19. The summed E-state index contributed by atoms with van der Waals surface area (Å²) in [4.78, 5) is 2.57. The van der Waals surface area contributed by atoms with Crippen LogP contribution in [0.3, 0.4) is 0 Å². The van der Waals surface area contributed by atoms with Gasteiger partial charge in [-0.1, -0.05) is 6.08 Å². The zero-order valence-electron chi connectivity index (χ0n) is 8.74. The molecule has 0 aliphatic carbocycles. The Balaban J connectivity index is 1.71. The van der Waals surface area contributed by atoms with E-state index in [1.165, 1.54) is 19.4 Å². The number of hydrogen-bond acceptors (Lipinski definition) is 3. The molecule has 0 aromatic carbocycles. The third kappa shape index (κ3) is 2.35. The predicted molar refractivity (Wildman–Crippen MR) is 57.4 cm³/mol. The quantitative estimate of drug-likeness (QED) is 0.527. The van der Waals surface area contributed by atoms with E-state index < -0.39 is 0 Å². The maximum absolute atomic E-state index is 5.80. The van der Waals surface area contributed by atoms with Crippen molar-refractivity contribution in [1.82, 2.24) is 10.2 Å². The zero-order valence-corrected chi connectivity index (χ0v) is 8.74. The minimum absolute atomic E-state index is 0.379. The second-order valence-corrected chi connectivity index (χ2v) is 4.19. The Hall–Kier alpha value is -0.380. The molecule has 2 aliphatic rings. The highest BCUT2D eigenvalue weighted by atomic mass is 16.5. The van der Waals surface area contributed by atoms with Crippen molar-refractivity contribution in [2.75, 3.05) is 32.8 Å². The summed E-state index contributed by atoms with van der Waals surface area (Å²) in [5, 5.41) is 3.31. The maximum Gasteiger partial charge on any atom is 0.0827 e. The Morgan fingerprint density at radius 1 is 1.57 bits per heavy atom. The van der Waals surface area contributed by atoms with Crippen LogP contribution in [0.1, 0.15) is 12.8 Å². The van der Waals surface area contributed by atoms with Gasteiger partial charge in [-0.3, -0.25) is 4.90 Å². The molecule has 2 fully saturated rings. The monoisotopic (exact) mass is 196 g/mol. The molecule has 2 aliphatic heterocycles. The summed E-state index contributed by atoms with van der Waals surface area (Å²) in [5.41, 5.74) is 0. The highest BCUT2D eigenvalue weighted by Crippen LogP contribution is 2.22. The summed E-state index contributed by atoms with van der Waals surface area (Å²) in [6.07, 6.45) is 4.94. The molecule has 80 valence electrons. The Bertz CT molecular complexity index is 196. The summed E-state index contributed by atoms with van der Waals surface area (Å²) >= 11 is 0. The fourth-order valence-electron chi connectivity index (χ4n) is 2.36. The van der Waals surface area contributed by atoms with Crippen LogP contribution >= 0.6 is 0 Å². The largest absolute Gasteiger partial charge is 0.374 e. The molecule has 1 N–H and O–H groups in total. The van der Waals surface area contributed by atoms with Crippen molar-refractivity contribution in [3.8, 4) is 0 Å². The fourth-order valence-corrected chi connectivity index (χ4v) is 2.36. The Labute approximate surface area is 86.1 Å². The smallest absolute Gasteiger partial charge is 0.0827 e. The van der Waals surface area contributed by atoms with Gasteiger partial charge in [-0.25, -0.2) is 0 Å². The van der Waals surface area contributed by atoms with E-state index in [1.54, 1.807) is 0 Å². The number of ether oxygens (including phenoxy) is 1. The van der Waals surface area contributed by atoms with Gasteiger partial charge in [-0.15, -0.1) is 6.58 Å². The van der Waals surface area contributed by atoms with Crippen molar-refractivity contribution in [3.63, 3.8) is 0 Å². The lowest BCUT2D eigenvalue weighted by Gasteiger charge is -2.35. The SMILES string of the molecule is C=CCNCC1CN2CCCC2CO1. The Morgan fingerprint density at radius 3 is 3.36 bits per heavy atom. The van der Waals surface area contributed by atoms with Crippen LogP contribution in [0.25, 0.3) is 0 Å². The summed E-state index contributed by atoms with van der Waals surface area (Å²) in [6, 6.07) is 0.714. The average molecular weight is 196 g/mol. The van der Waals surface area contributed by atoms with Crippen molar-refractivity contribution >= 4 is 0 Å². The Morgan fingerprint density at radius 2 is 2.50 bits per heavy atom. The lowest BCUT2D eigenvalue weighted by atomic mass is 10.2. The van der Waals surface area contributed by atoms with Gasteiger partial charge in [0, 0.05) is 25.7 Å². The van der Waals surface area contributed by atoms with Gasteiger partial charge in [0.2, 0.25) is 0 Å². The summed E-state index contributed by atoms with van der Waals surface area (Å²) in [5.74, 6) is 0. The minimum atomic E-state index is 0.379. The standard InChI is InChI=1S/C11H20N2O/c1-2-5-12-7-11-8-13-6-3-4-10(13)9-14-11/h2,10-12H,1,3-9H2. The van der Waals surface area contributed by atoms with E-state index in [0.717, 1.165) is 26.2 Å². The fraction of sp³-hybridized carbons (Fsp3) is 0.818. The second kappa shape index (κ2) is 4.91. The van der Waals surface area contributed by atoms with E-state index in [-0.39, 0.29) is 0 Å². The van der Waals surface area contributed by atoms with Crippen LogP contribution in [0.5, 0.6) is 0 Å². The molecule has 0 aromatic rings. The molecule has 0 radical (unpaired) electrons. The maximum atomic E-state index is 5.80. The van der Waals surface area contributed by atoms with E-state index >= 15 is 0 Å². The third-order valence-corrected chi connectivity index (χ3v) is 3.12. The number of rotatable bonds is 4. The van der Waals surface area contributed by atoms with Gasteiger partial charge < -0.3 is 10.1 Å². The van der Waals surface area contributed by atoms with Gasteiger partial charge in [0.25, 0.3) is 0 Å². The number of morpholine rings is 1. The highest BCUT2D eigenvalue weighted by molar-refractivity contribution is 4.86. The molecule has 0 bridgehead atoms. The molecular formula is C11H20N2O. The van der Waals surface area contributed by atoms with Crippen molar-refractivity contribution in [2.45, 2.75) is 25.0 Å². The van der Waals surface area contributed by atoms with Gasteiger partial charge in [-0.2, -0.15) is 0 Å². The van der Waals surface area contributed by atoms with Gasteiger partial charge >= 0.3 is 0 Å². The van der Waals surface area contributed by atoms with Crippen molar-refractivity contribution in [3.05, 3.63) is 12.7 Å². The van der Waals surface area contributed by atoms with Crippen LogP contribution < -0.4 is 5.32 Å². The molecule has 2 rings (SSSR count). The molecule has 0 amide bonds. The van der Waals surface area contributed by atoms with Crippen LogP contribution in [0.4, 0.5) is 0 Å². The predicted octanol–water partition coefficient (Wildman–Crippen LogP) is 0.625. The molecule has 3 nitrogen and oxygen atoms in total. The average Bonchev–Trinajstić information content (AvgIpc) is 2.65. The lowest BCUT2D eigenvalue weighted by molar-refractivity contribution is -0.0465. The third-order valence-electron chi connectivity index (χ3n) is 3.12. The van der Waals surface area contributed by atoms with Gasteiger partial charge in [0.05, 0.1) is 12.7 Å². The van der Waals surface area contributed by atoms with Crippen LogP contribution in [0.15, 0.2) is 12.7 Å². The summed E-state index contributed by atoms with van der Waals surface area (Å²) < 4.78 is 5.80. The molecule has 0 aromatic heterocycles. The van der Waals surface area contributed by atoms with Gasteiger partial charge in [-0.05, 0) is 19.4 Å². The molecule has 2 atom stereocenters. The van der Waals surface area contributed by atoms with E-state index in [4.69, 9.17) is 4.74 Å². The molecule has 2 unspecified atom stereocenters. The zero-order chi connectivity index (χ0) is 9.80. The van der Waals surface area contributed by atoms with E-state index in [0.29, 0.717) is 12.1 Å². The lowest BCUT2D eigenvalue weighted by Crippen LogP contribution is -2.49. The molecule has 0 spiro atoms. The Kier molecular flexibility index (Phi) is 3.56. The van der Waals surface area contributed by atoms with Gasteiger partial charge in [0.1, 0.15) is 0 Å². The van der Waals surface area contributed by atoms with Crippen LogP contribution in [-0.4, -0.2) is 49.8 Å². The topological polar surface area (TPSA) is 24.5 Å². The highest BCUT2D eigenvalue weighted by Gasteiger charge is 2.31. The van der Waals surface area contributed by atoms with Crippen molar-refractivity contribution in [1.29, 1.82) is 0 Å². The number of fused-ring (bicyclic) bond motifs is 1. The van der Waals surface area contributed by atoms with E-state index in [9.17, 15) is 0 Å². The first-order valence-electron chi connectivity index (χ1n) is 5.57. The first-order valence-corrected chi connectivity index (χ1v) is 5.57. The van der Waals surface area contributed by atoms with E-state index in [1.807, 2.05) is 6.08 Å². The number of hydrogen-bond donors (Lipinski definition) is 1. The molecule has 14 heavy (non-hydrogen) atoms. The summed E-state index contributed by atoms with van der Waals surface area (Å²) in [6.45, 7) is 8.82. The van der Waals surface area contributed by atoms with Crippen LogP contribution in [0, 0.1) is 0 Å². The number of nitrogens with one attached hydrogen (secondary N) is 1. The molecule has 0 saturated carbocycles. The van der Waals surface area contributed by atoms with Gasteiger partial charge in [0.15, 0.2) is 0 Å². The normalized spacial score (nSPS) is 32.9. The minimum Gasteiger partial charge on any atom is -0.374 e. The first kappa shape index (κ1) is 10.1. The molecule has 3 heteroatoms.